The summed E-state index contributed by atoms with van der Waals surface area (Å²) in [6.45, 7) is 3.14. The van der Waals surface area contributed by atoms with Gasteiger partial charge in [-0.05, 0) is 26.0 Å². The van der Waals surface area contributed by atoms with Gasteiger partial charge in [0.1, 0.15) is 11.3 Å². The molecule has 1 aromatic carbocycles. The Kier molecular flexibility index (Phi) is 5.88. The number of aryl methyl sites for hydroxylation is 1. The summed E-state index contributed by atoms with van der Waals surface area (Å²) in [5.74, 6) is 0.349. The van der Waals surface area contributed by atoms with Gasteiger partial charge in [0, 0.05) is 12.3 Å². The molecule has 3 aromatic heterocycles. The predicted molar refractivity (Wildman–Crippen MR) is 110 cm³/mol. The number of rotatable bonds is 4. The monoisotopic (exact) mass is 524 g/mol. The Bertz CT molecular complexity index is 1380. The Morgan fingerprint density at radius 1 is 1.00 bits per heavy atom. The summed E-state index contributed by atoms with van der Waals surface area (Å²) in [7, 11) is 0. The van der Waals surface area contributed by atoms with Crippen molar-refractivity contribution in [1.29, 1.82) is 0 Å². The van der Waals surface area contributed by atoms with Crippen molar-refractivity contribution < 1.29 is 30.8 Å². The van der Waals surface area contributed by atoms with Crippen molar-refractivity contribution in [2.24, 2.45) is 0 Å². The molecule has 0 aliphatic rings. The molecule has 15 heteroatoms. The first-order valence-electron chi connectivity index (χ1n) is 9.34. The Morgan fingerprint density at radius 2 is 1.71 bits per heavy atom. The number of hydrogen-bond acceptors (Lipinski definition) is 6. The zero-order chi connectivity index (χ0) is 25.0. The highest BCUT2D eigenvalue weighted by Gasteiger charge is 2.34. The topological polar surface area (TPSA) is 81.7 Å². The maximum atomic E-state index is 13.1. The Hall–Kier alpha value is -3.06. The van der Waals surface area contributed by atoms with Crippen molar-refractivity contribution in [2.75, 3.05) is 5.32 Å². The van der Waals surface area contributed by atoms with Crippen LogP contribution >= 0.6 is 23.2 Å². The largest absolute Gasteiger partial charge is 0.423 e. The van der Waals surface area contributed by atoms with Crippen LogP contribution in [0.3, 0.4) is 0 Å². The van der Waals surface area contributed by atoms with Crippen molar-refractivity contribution >= 4 is 40.3 Å². The highest BCUT2D eigenvalue weighted by molar-refractivity contribution is 6.32. The zero-order valence-corrected chi connectivity index (χ0v) is 18.6. The first-order chi connectivity index (χ1) is 15.7. The van der Waals surface area contributed by atoms with Crippen LogP contribution in [0.15, 0.2) is 28.8 Å². The average molecular weight is 525 g/mol. The third kappa shape index (κ3) is 4.62. The minimum absolute atomic E-state index is 0.0118. The second-order valence-electron chi connectivity index (χ2n) is 7.14. The average Bonchev–Trinajstić information content (AvgIpc) is 3.28. The van der Waals surface area contributed by atoms with E-state index in [9.17, 15) is 26.3 Å². The molecule has 0 bridgehead atoms. The minimum atomic E-state index is -4.67. The fraction of sp³-hybridized carbons (Fsp3) is 0.263. The molecule has 0 unspecified atom stereocenters. The van der Waals surface area contributed by atoms with Gasteiger partial charge < -0.3 is 9.73 Å². The van der Waals surface area contributed by atoms with E-state index in [1.165, 1.54) is 0 Å². The molecular weight excluding hydrogens is 513 g/mol. The molecule has 0 spiro atoms. The quantitative estimate of drug-likeness (QED) is 0.302. The van der Waals surface area contributed by atoms with Crippen LogP contribution in [0.5, 0.6) is 0 Å². The van der Waals surface area contributed by atoms with Crippen LogP contribution in [-0.4, -0.2) is 24.7 Å². The number of anilines is 1. The number of fused-ring (bicyclic) bond motifs is 1. The van der Waals surface area contributed by atoms with Gasteiger partial charge in [0.05, 0.1) is 27.2 Å². The number of aromatic nitrogens is 5. The molecule has 4 aromatic rings. The van der Waals surface area contributed by atoms with Gasteiger partial charge in [-0.2, -0.15) is 36.0 Å². The van der Waals surface area contributed by atoms with Gasteiger partial charge in [-0.25, -0.2) is 9.97 Å². The lowest BCUT2D eigenvalue weighted by Crippen LogP contribution is -2.15. The van der Waals surface area contributed by atoms with Gasteiger partial charge in [-0.1, -0.05) is 23.2 Å². The first kappa shape index (κ1) is 24.1. The summed E-state index contributed by atoms with van der Waals surface area (Å²) in [4.78, 5) is 12.0. The summed E-state index contributed by atoms with van der Waals surface area (Å²) in [5, 5.41) is 6.10. The number of halogens is 8. The number of nitrogens with zero attached hydrogens (tertiary/aromatic N) is 5. The standard InChI is InChI=1S/C19H12Cl2F6N6O/c1-7(29-17-31-13-4-10(19(25,26)27)11(20)5-14(13)34-17)15-30-8(2)32-33(15)16-12(21)3-9(6-28-16)18(22,23)24/h3-7H,1-2H3,(H,29,31)/t7-/m0/s1. The summed E-state index contributed by atoms with van der Waals surface area (Å²) in [6, 6.07) is 1.60. The van der Waals surface area contributed by atoms with E-state index < -0.39 is 34.5 Å². The second kappa shape index (κ2) is 8.31. The van der Waals surface area contributed by atoms with E-state index in [2.05, 4.69) is 25.4 Å². The normalized spacial score (nSPS) is 13.5. The maximum absolute atomic E-state index is 13.1. The fourth-order valence-corrected chi connectivity index (χ4v) is 3.59. The minimum Gasteiger partial charge on any atom is -0.423 e. The molecule has 0 fully saturated rings. The van der Waals surface area contributed by atoms with E-state index in [0.29, 0.717) is 12.3 Å². The molecule has 0 amide bonds. The molecule has 180 valence electrons. The molecule has 1 atom stereocenters. The summed E-state index contributed by atoms with van der Waals surface area (Å²) < 4.78 is 84.6. The molecular formula is C19H12Cl2F6N6O. The SMILES string of the molecule is Cc1nc([C@H](C)Nc2nc3cc(C(F)(F)F)c(Cl)cc3o2)n(-c2ncc(C(F)(F)F)cc2Cl)n1. The van der Waals surface area contributed by atoms with Crippen LogP contribution in [0.4, 0.5) is 32.4 Å². The highest BCUT2D eigenvalue weighted by atomic mass is 35.5. The molecule has 3 heterocycles. The van der Waals surface area contributed by atoms with E-state index >= 15 is 0 Å². The Labute approximate surface area is 196 Å². The van der Waals surface area contributed by atoms with E-state index in [-0.39, 0.29) is 39.6 Å². The Morgan fingerprint density at radius 3 is 2.32 bits per heavy atom. The van der Waals surface area contributed by atoms with Crippen LogP contribution in [0.1, 0.15) is 35.7 Å². The lowest BCUT2D eigenvalue weighted by Gasteiger charge is -2.14. The van der Waals surface area contributed by atoms with Gasteiger partial charge in [0.15, 0.2) is 17.2 Å². The number of benzene rings is 1. The van der Waals surface area contributed by atoms with E-state index in [0.717, 1.165) is 16.8 Å². The molecule has 0 saturated carbocycles. The van der Waals surface area contributed by atoms with Crippen LogP contribution in [0.2, 0.25) is 10.0 Å². The molecule has 0 saturated heterocycles. The van der Waals surface area contributed by atoms with Crippen molar-refractivity contribution in [3.05, 3.63) is 57.2 Å². The molecule has 7 nitrogen and oxygen atoms in total. The lowest BCUT2D eigenvalue weighted by atomic mass is 10.2. The highest BCUT2D eigenvalue weighted by Crippen LogP contribution is 2.38. The molecule has 34 heavy (non-hydrogen) atoms. The molecule has 4 rings (SSSR count). The van der Waals surface area contributed by atoms with E-state index in [1.54, 1.807) is 13.8 Å². The van der Waals surface area contributed by atoms with Crippen LogP contribution < -0.4 is 5.32 Å². The number of pyridine rings is 1. The zero-order valence-electron chi connectivity index (χ0n) is 17.1. The molecule has 1 N–H and O–H groups in total. The van der Waals surface area contributed by atoms with Gasteiger partial charge in [-0.3, -0.25) is 0 Å². The number of oxazole rings is 1. The second-order valence-corrected chi connectivity index (χ2v) is 7.95. The third-order valence-electron chi connectivity index (χ3n) is 4.60. The maximum Gasteiger partial charge on any atom is 0.417 e. The molecule has 0 aliphatic carbocycles. The van der Waals surface area contributed by atoms with Crippen LogP contribution in [0, 0.1) is 6.92 Å². The van der Waals surface area contributed by atoms with E-state index in [4.69, 9.17) is 27.6 Å². The van der Waals surface area contributed by atoms with Crippen molar-refractivity contribution in [3.63, 3.8) is 0 Å². The van der Waals surface area contributed by atoms with Crippen LogP contribution in [0.25, 0.3) is 16.9 Å². The number of alkyl halides is 6. The summed E-state index contributed by atoms with van der Waals surface area (Å²) in [6.07, 6.45) is -8.69. The van der Waals surface area contributed by atoms with Gasteiger partial charge in [0.25, 0.3) is 6.01 Å². The predicted octanol–water partition coefficient (Wildman–Crippen LogP) is 6.63. The summed E-state index contributed by atoms with van der Waals surface area (Å²) in [5.41, 5.74) is -2.17. The first-order valence-corrected chi connectivity index (χ1v) is 10.1. The van der Waals surface area contributed by atoms with Crippen molar-refractivity contribution in [3.8, 4) is 5.82 Å². The van der Waals surface area contributed by atoms with Gasteiger partial charge >= 0.3 is 12.4 Å². The smallest absolute Gasteiger partial charge is 0.417 e. The van der Waals surface area contributed by atoms with Crippen molar-refractivity contribution in [1.82, 2.24) is 24.7 Å². The Balaban J connectivity index is 1.67. The molecule has 0 aliphatic heterocycles. The van der Waals surface area contributed by atoms with Crippen LogP contribution in [-0.2, 0) is 12.4 Å². The summed E-state index contributed by atoms with van der Waals surface area (Å²) >= 11 is 11.7. The van der Waals surface area contributed by atoms with Gasteiger partial charge in [0.2, 0.25) is 0 Å². The fourth-order valence-electron chi connectivity index (χ4n) is 3.09. The van der Waals surface area contributed by atoms with Gasteiger partial charge in [-0.15, -0.1) is 5.10 Å². The number of nitrogens with one attached hydrogen (secondary N) is 1. The lowest BCUT2D eigenvalue weighted by molar-refractivity contribution is -0.138. The van der Waals surface area contributed by atoms with E-state index in [1.807, 2.05) is 0 Å². The van der Waals surface area contributed by atoms with Crippen molar-refractivity contribution in [2.45, 2.75) is 32.2 Å². The molecule has 0 radical (unpaired) electrons. The third-order valence-corrected chi connectivity index (χ3v) is 5.19. The number of hydrogen-bond donors (Lipinski definition) is 1.